The monoisotopic (exact) mass is 518 g/mol. The van der Waals surface area contributed by atoms with Crippen LogP contribution in [0, 0.1) is 11.7 Å². The molecule has 7 heteroatoms. The number of carbonyl (C=O) groups is 2. The lowest BCUT2D eigenvalue weighted by molar-refractivity contribution is -0.138. The maximum Gasteiger partial charge on any atom is 0.245 e. The van der Waals surface area contributed by atoms with Crippen molar-refractivity contribution in [3.05, 3.63) is 53.8 Å². The number of halogens is 1. The Bertz CT molecular complexity index is 1190. The first-order chi connectivity index (χ1) is 18.5. The van der Waals surface area contributed by atoms with Crippen LogP contribution in [0.4, 0.5) is 10.1 Å². The van der Waals surface area contributed by atoms with Crippen molar-refractivity contribution in [1.82, 2.24) is 15.5 Å². The number of aliphatic imine (C=N–C) groups is 1. The summed E-state index contributed by atoms with van der Waals surface area (Å²) in [7, 11) is 1.76. The van der Waals surface area contributed by atoms with E-state index in [9.17, 15) is 14.0 Å². The Labute approximate surface area is 225 Å². The fourth-order valence-electron chi connectivity index (χ4n) is 6.36. The highest BCUT2D eigenvalue weighted by atomic mass is 19.1. The molecule has 1 saturated heterocycles. The van der Waals surface area contributed by atoms with Crippen LogP contribution in [0.25, 0.3) is 11.1 Å². The number of hydrogen-bond donors (Lipinski definition) is 2. The summed E-state index contributed by atoms with van der Waals surface area (Å²) in [6.45, 7) is 2.52. The van der Waals surface area contributed by atoms with E-state index in [4.69, 9.17) is 4.99 Å². The summed E-state index contributed by atoms with van der Waals surface area (Å²) in [6, 6.07) is 11.9. The Morgan fingerprint density at radius 1 is 1.00 bits per heavy atom. The molecule has 38 heavy (non-hydrogen) atoms. The molecule has 0 radical (unpaired) electrons. The van der Waals surface area contributed by atoms with Gasteiger partial charge in [0.1, 0.15) is 11.9 Å². The third-order valence-corrected chi connectivity index (χ3v) is 8.63. The van der Waals surface area contributed by atoms with Crippen LogP contribution in [0.15, 0.2) is 47.5 Å². The van der Waals surface area contributed by atoms with Crippen LogP contribution in [0.3, 0.4) is 0 Å². The molecule has 5 rings (SSSR count). The van der Waals surface area contributed by atoms with Gasteiger partial charge >= 0.3 is 0 Å². The van der Waals surface area contributed by atoms with Crippen molar-refractivity contribution in [2.45, 2.75) is 82.8 Å². The van der Waals surface area contributed by atoms with Crippen LogP contribution in [0.5, 0.6) is 0 Å². The van der Waals surface area contributed by atoms with E-state index in [0.717, 1.165) is 73.9 Å². The van der Waals surface area contributed by atoms with Crippen molar-refractivity contribution in [3.8, 4) is 11.1 Å². The van der Waals surface area contributed by atoms with Crippen molar-refractivity contribution in [2.24, 2.45) is 10.9 Å². The zero-order valence-electron chi connectivity index (χ0n) is 22.5. The third-order valence-electron chi connectivity index (χ3n) is 8.63. The van der Waals surface area contributed by atoms with Crippen molar-refractivity contribution >= 4 is 23.2 Å². The highest BCUT2D eigenvalue weighted by Crippen LogP contribution is 2.37. The third kappa shape index (κ3) is 5.53. The molecule has 2 fully saturated rings. The topological polar surface area (TPSA) is 73.8 Å². The van der Waals surface area contributed by atoms with Crippen molar-refractivity contribution in [3.63, 3.8) is 0 Å². The van der Waals surface area contributed by atoms with Gasteiger partial charge in [-0.3, -0.25) is 14.6 Å². The normalized spacial score (nSPS) is 21.4. The van der Waals surface area contributed by atoms with Crippen LogP contribution in [0.1, 0.15) is 63.9 Å². The number of likely N-dealkylation sites (N-methyl/N-ethyl adjacent to an activating group) is 1. The predicted molar refractivity (Wildman–Crippen MR) is 149 cm³/mol. The van der Waals surface area contributed by atoms with Crippen molar-refractivity contribution in [2.75, 3.05) is 13.6 Å². The average molecular weight is 519 g/mol. The minimum Gasteiger partial charge on any atom is -0.343 e. The molecule has 0 bridgehead atoms. The van der Waals surface area contributed by atoms with Gasteiger partial charge in [-0.05, 0) is 93.3 Å². The number of nitrogens with one attached hydrogen (secondary N) is 2. The smallest absolute Gasteiger partial charge is 0.245 e. The summed E-state index contributed by atoms with van der Waals surface area (Å²) < 4.78 is 13.5. The van der Waals surface area contributed by atoms with E-state index in [-0.39, 0.29) is 35.6 Å². The largest absolute Gasteiger partial charge is 0.343 e. The Hall–Kier alpha value is -3.06. The second-order valence-electron chi connectivity index (χ2n) is 11.0. The van der Waals surface area contributed by atoms with Crippen LogP contribution < -0.4 is 10.6 Å². The molecule has 0 aromatic heterocycles. The van der Waals surface area contributed by atoms with E-state index in [1.54, 1.807) is 7.05 Å². The second kappa shape index (κ2) is 11.8. The van der Waals surface area contributed by atoms with Crippen LogP contribution in [-0.4, -0.2) is 54.1 Å². The van der Waals surface area contributed by atoms with Crippen LogP contribution in [0.2, 0.25) is 0 Å². The summed E-state index contributed by atoms with van der Waals surface area (Å²) in [5.41, 5.74) is 5.24. The number of carbonyl (C=O) groups excluding carboxylic acids is 2. The molecule has 1 aliphatic carbocycles. The van der Waals surface area contributed by atoms with Crippen LogP contribution >= 0.6 is 0 Å². The molecule has 0 spiro atoms. The quantitative estimate of drug-likeness (QED) is 0.531. The number of rotatable bonds is 7. The highest BCUT2D eigenvalue weighted by molar-refractivity contribution is 5.99. The first kappa shape index (κ1) is 26.5. The fourth-order valence-corrected chi connectivity index (χ4v) is 6.36. The van der Waals surface area contributed by atoms with Crippen molar-refractivity contribution < 1.29 is 14.0 Å². The zero-order chi connectivity index (χ0) is 26.6. The van der Waals surface area contributed by atoms with Gasteiger partial charge in [-0.2, -0.15) is 0 Å². The van der Waals surface area contributed by atoms with Gasteiger partial charge in [-0.15, -0.1) is 0 Å². The molecule has 2 aromatic rings. The van der Waals surface area contributed by atoms with Crippen LogP contribution in [-0.2, 0) is 16.0 Å². The average Bonchev–Trinajstić information content (AvgIpc) is 3.45. The van der Waals surface area contributed by atoms with Gasteiger partial charge in [0.05, 0.1) is 17.8 Å². The molecule has 2 aromatic carbocycles. The lowest BCUT2D eigenvalue weighted by Crippen LogP contribution is -2.57. The number of hydrogen-bond acceptors (Lipinski definition) is 4. The molecular weight excluding hydrogens is 479 g/mol. The molecule has 2 heterocycles. The minimum atomic E-state index is -0.485. The van der Waals surface area contributed by atoms with Gasteiger partial charge in [0, 0.05) is 12.3 Å². The molecule has 2 N–H and O–H groups in total. The number of likely N-dealkylation sites (tertiary alicyclic amines) is 1. The Kier molecular flexibility index (Phi) is 8.22. The Morgan fingerprint density at radius 3 is 2.50 bits per heavy atom. The summed E-state index contributed by atoms with van der Waals surface area (Å²) in [5, 5.41) is 6.12. The summed E-state index contributed by atoms with van der Waals surface area (Å²) >= 11 is 0. The number of nitrogens with zero attached hydrogens (tertiary/aromatic N) is 2. The minimum absolute atomic E-state index is 0.0326. The zero-order valence-corrected chi connectivity index (χ0v) is 22.5. The Morgan fingerprint density at radius 2 is 1.76 bits per heavy atom. The standard InChI is InChI=1S/C31H39FN4O2/c1-20(33-2)30(37)35-29(22-8-4-3-5-9-22)31(38)36-19-7-12-28(36)27-18-17-25-24(10-6-11-26(25)34-27)21-13-15-23(32)16-14-21/h6,10-11,13-16,20,22,28-29,33H,3-5,7-9,12,17-19H2,1-2H3,(H,35,37). The second-order valence-corrected chi connectivity index (χ2v) is 11.0. The first-order valence-electron chi connectivity index (χ1n) is 14.2. The number of fused-ring (bicyclic) bond motifs is 1. The van der Waals surface area contributed by atoms with E-state index in [0.29, 0.717) is 6.54 Å². The van der Waals surface area contributed by atoms with E-state index in [1.807, 2.05) is 36.1 Å². The van der Waals surface area contributed by atoms with Crippen molar-refractivity contribution in [1.29, 1.82) is 0 Å². The first-order valence-corrected chi connectivity index (χ1v) is 14.2. The van der Waals surface area contributed by atoms with Gasteiger partial charge in [0.15, 0.2) is 0 Å². The molecule has 3 aliphatic rings. The van der Waals surface area contributed by atoms with E-state index < -0.39 is 6.04 Å². The summed E-state index contributed by atoms with van der Waals surface area (Å²) in [4.78, 5) is 34.0. The SMILES string of the molecule is CNC(C)C(=O)NC(C(=O)N1CCCC1C1=Nc2cccc(-c3ccc(F)cc3)c2CC1)C1CCCCC1. The summed E-state index contributed by atoms with van der Waals surface area (Å²) in [6.07, 6.45) is 8.82. The molecule has 2 aliphatic heterocycles. The molecular formula is C31H39FN4O2. The fraction of sp³-hybridized carbons (Fsp3) is 0.516. The molecule has 3 atom stereocenters. The highest BCUT2D eigenvalue weighted by Gasteiger charge is 2.40. The lowest BCUT2D eigenvalue weighted by Gasteiger charge is -2.36. The van der Waals surface area contributed by atoms with Gasteiger partial charge in [-0.25, -0.2) is 4.39 Å². The van der Waals surface area contributed by atoms with Gasteiger partial charge in [0.25, 0.3) is 0 Å². The molecule has 1 saturated carbocycles. The maximum absolute atomic E-state index is 14.1. The molecule has 2 amide bonds. The molecule has 202 valence electrons. The number of amides is 2. The van der Waals surface area contributed by atoms with Gasteiger partial charge in [-0.1, -0.05) is 43.5 Å². The van der Waals surface area contributed by atoms with E-state index in [1.165, 1.54) is 24.1 Å². The van der Waals surface area contributed by atoms with E-state index in [2.05, 4.69) is 16.7 Å². The predicted octanol–water partition coefficient (Wildman–Crippen LogP) is 5.18. The number of benzene rings is 2. The van der Waals surface area contributed by atoms with Gasteiger partial charge < -0.3 is 15.5 Å². The lowest BCUT2D eigenvalue weighted by atomic mass is 9.83. The Balaban J connectivity index is 1.39. The summed E-state index contributed by atoms with van der Waals surface area (Å²) in [5.74, 6) is -0.139. The molecule has 3 unspecified atom stereocenters. The molecule has 6 nitrogen and oxygen atoms in total. The van der Waals surface area contributed by atoms with E-state index >= 15 is 0 Å². The maximum atomic E-state index is 14.1. The van der Waals surface area contributed by atoms with Gasteiger partial charge in [0.2, 0.25) is 11.8 Å².